The van der Waals surface area contributed by atoms with Crippen LogP contribution < -0.4 is 15.8 Å². The van der Waals surface area contributed by atoms with Gasteiger partial charge in [0, 0.05) is 46.4 Å². The first-order chi connectivity index (χ1) is 16.2. The molecule has 4 heterocycles. The topological polar surface area (TPSA) is 116 Å². The lowest BCUT2D eigenvalue weighted by Gasteiger charge is -2.17. The molecule has 0 spiro atoms. The normalized spacial score (nSPS) is 13.9. The summed E-state index contributed by atoms with van der Waals surface area (Å²) >= 11 is 0. The predicted molar refractivity (Wildman–Crippen MR) is 130 cm³/mol. The number of anilines is 2. The second-order valence-electron chi connectivity index (χ2n) is 9.14. The van der Waals surface area contributed by atoms with Crippen molar-refractivity contribution in [2.45, 2.75) is 39.7 Å². The Morgan fingerprint density at radius 1 is 1.06 bits per heavy atom. The van der Waals surface area contributed by atoms with E-state index < -0.39 is 0 Å². The van der Waals surface area contributed by atoms with Crippen molar-refractivity contribution in [2.24, 2.45) is 0 Å². The van der Waals surface area contributed by atoms with E-state index in [1.807, 2.05) is 38.1 Å². The summed E-state index contributed by atoms with van der Waals surface area (Å²) in [6, 6.07) is 11.3. The van der Waals surface area contributed by atoms with Gasteiger partial charge in [-0.3, -0.25) is 9.78 Å². The van der Waals surface area contributed by atoms with Gasteiger partial charge < -0.3 is 20.2 Å². The van der Waals surface area contributed by atoms with Gasteiger partial charge in [0.1, 0.15) is 23.4 Å². The molecule has 3 N–H and O–H groups in total. The van der Waals surface area contributed by atoms with E-state index in [0.717, 1.165) is 40.2 Å². The number of aromatic nitrogens is 3. The van der Waals surface area contributed by atoms with Crippen molar-refractivity contribution in [3.05, 3.63) is 71.5 Å². The summed E-state index contributed by atoms with van der Waals surface area (Å²) in [7, 11) is 0. The summed E-state index contributed by atoms with van der Waals surface area (Å²) in [5, 5.41) is 3.02. The molecule has 0 fully saturated rings. The van der Waals surface area contributed by atoms with Crippen LogP contribution in [-0.2, 0) is 6.42 Å². The Hall–Kier alpha value is -4.20. The van der Waals surface area contributed by atoms with Gasteiger partial charge in [-0.15, -0.1) is 0 Å². The Labute approximate surface area is 197 Å². The van der Waals surface area contributed by atoms with E-state index in [2.05, 4.69) is 34.1 Å². The number of pyridine rings is 2. The first kappa shape index (κ1) is 21.6. The number of benzene rings is 1. The molecule has 34 heavy (non-hydrogen) atoms. The molecule has 8 nitrogen and oxygen atoms in total. The Balaban J connectivity index is 1.51. The molecular formula is C26H25N5O3. The molecule has 3 aromatic heterocycles. The summed E-state index contributed by atoms with van der Waals surface area (Å²) in [5.74, 6) is 1.09. The van der Waals surface area contributed by atoms with Crippen molar-refractivity contribution in [1.29, 1.82) is 0 Å². The van der Waals surface area contributed by atoms with Gasteiger partial charge in [-0.05, 0) is 69.7 Å². The number of carbonyl (C=O) groups excluding carboxylic acids is 1. The first-order valence-corrected chi connectivity index (χ1v) is 11.0. The molecule has 5 rings (SSSR count). The van der Waals surface area contributed by atoms with Gasteiger partial charge in [0.25, 0.3) is 5.91 Å². The quantitative estimate of drug-likeness (QED) is 0.446. The molecule has 1 aromatic carbocycles. The van der Waals surface area contributed by atoms with Gasteiger partial charge in [-0.1, -0.05) is 0 Å². The number of amides is 1. The predicted octanol–water partition coefficient (Wildman–Crippen LogP) is 4.96. The molecule has 0 unspecified atom stereocenters. The molecule has 0 saturated heterocycles. The third-order valence-corrected chi connectivity index (χ3v) is 5.61. The zero-order chi connectivity index (χ0) is 24.0. The molecule has 172 valence electrons. The number of oxazole rings is 1. The van der Waals surface area contributed by atoms with E-state index in [1.165, 1.54) is 6.26 Å². The fraction of sp³-hybridized carbons (Fsp3) is 0.231. The highest BCUT2D eigenvalue weighted by atomic mass is 16.5. The minimum absolute atomic E-state index is 0.163. The van der Waals surface area contributed by atoms with E-state index in [0.29, 0.717) is 23.0 Å². The Morgan fingerprint density at radius 3 is 2.56 bits per heavy atom. The Bertz CT molecular complexity index is 1400. The van der Waals surface area contributed by atoms with Gasteiger partial charge >= 0.3 is 0 Å². The molecule has 1 amide bonds. The number of carbonyl (C=O) groups is 1. The molecule has 0 atom stereocenters. The number of nitrogens with one attached hydrogen (secondary N) is 1. The minimum Gasteiger partial charge on any atom is -0.487 e. The maximum Gasteiger partial charge on any atom is 0.277 e. The maximum absolute atomic E-state index is 13.2. The van der Waals surface area contributed by atoms with Crippen LogP contribution in [0.5, 0.6) is 5.75 Å². The van der Waals surface area contributed by atoms with Gasteiger partial charge in [-0.25, -0.2) is 9.97 Å². The summed E-state index contributed by atoms with van der Waals surface area (Å²) in [5.41, 5.74) is 11.6. The van der Waals surface area contributed by atoms with Crippen molar-refractivity contribution < 1.29 is 13.9 Å². The lowest BCUT2D eigenvalue weighted by molar-refractivity contribution is 0.102. The number of hydrogen-bond donors (Lipinski definition) is 2. The van der Waals surface area contributed by atoms with Gasteiger partial charge in [0.05, 0.1) is 0 Å². The van der Waals surface area contributed by atoms with E-state index in [9.17, 15) is 4.79 Å². The smallest absolute Gasteiger partial charge is 0.277 e. The van der Waals surface area contributed by atoms with Crippen LogP contribution >= 0.6 is 0 Å². The molecule has 0 bridgehead atoms. The number of fused-ring (bicyclic) bond motifs is 1. The molecule has 1 aliphatic heterocycles. The van der Waals surface area contributed by atoms with Crippen molar-refractivity contribution in [1.82, 2.24) is 15.0 Å². The summed E-state index contributed by atoms with van der Waals surface area (Å²) < 4.78 is 11.7. The zero-order valence-electron chi connectivity index (χ0n) is 19.5. The second-order valence-corrected chi connectivity index (χ2v) is 9.14. The highest BCUT2D eigenvalue weighted by Gasteiger charge is 2.31. The average molecular weight is 456 g/mol. The fourth-order valence-electron chi connectivity index (χ4n) is 4.26. The van der Waals surface area contributed by atoms with Crippen molar-refractivity contribution in [2.75, 3.05) is 11.1 Å². The molecule has 8 heteroatoms. The summed E-state index contributed by atoms with van der Waals surface area (Å²) in [6.07, 6.45) is 3.65. The SMILES string of the molecule is Cc1cc(-c2cc3c(cc2NC(=O)c2coc(-c4ccnc(N)c4)n2)CC(C)(C)O3)cc(C)n1. The van der Waals surface area contributed by atoms with Crippen LogP contribution in [0.2, 0.25) is 0 Å². The zero-order valence-corrected chi connectivity index (χ0v) is 19.5. The van der Waals surface area contributed by atoms with Crippen molar-refractivity contribution in [3.63, 3.8) is 0 Å². The lowest BCUT2D eigenvalue weighted by Crippen LogP contribution is -2.24. The van der Waals surface area contributed by atoms with E-state index in [-0.39, 0.29) is 17.2 Å². The number of nitrogens with two attached hydrogens (primary N) is 1. The Kier molecular flexibility index (Phi) is 5.08. The van der Waals surface area contributed by atoms with Crippen LogP contribution in [0, 0.1) is 13.8 Å². The number of hydrogen-bond acceptors (Lipinski definition) is 7. The number of nitrogens with zero attached hydrogens (tertiary/aromatic N) is 3. The van der Waals surface area contributed by atoms with E-state index in [4.69, 9.17) is 14.9 Å². The van der Waals surface area contributed by atoms with E-state index >= 15 is 0 Å². The Morgan fingerprint density at radius 2 is 1.82 bits per heavy atom. The van der Waals surface area contributed by atoms with Crippen LogP contribution in [0.4, 0.5) is 11.5 Å². The summed E-state index contributed by atoms with van der Waals surface area (Å²) in [6.45, 7) is 8.00. The first-order valence-electron chi connectivity index (χ1n) is 11.0. The van der Waals surface area contributed by atoms with Crippen LogP contribution in [0.1, 0.15) is 41.3 Å². The van der Waals surface area contributed by atoms with Crippen LogP contribution in [0.3, 0.4) is 0 Å². The molecular weight excluding hydrogens is 430 g/mol. The molecule has 0 saturated carbocycles. The molecule has 4 aromatic rings. The minimum atomic E-state index is -0.376. The molecule has 0 aliphatic carbocycles. The van der Waals surface area contributed by atoms with E-state index in [1.54, 1.807) is 18.3 Å². The van der Waals surface area contributed by atoms with Crippen LogP contribution in [-0.4, -0.2) is 26.5 Å². The fourth-order valence-corrected chi connectivity index (χ4v) is 4.26. The molecule has 1 aliphatic rings. The number of ether oxygens (including phenoxy) is 1. The van der Waals surface area contributed by atoms with Crippen LogP contribution in [0.25, 0.3) is 22.6 Å². The third kappa shape index (κ3) is 4.22. The number of nitrogen functional groups attached to an aromatic ring is 1. The highest BCUT2D eigenvalue weighted by molar-refractivity contribution is 6.05. The largest absolute Gasteiger partial charge is 0.487 e. The molecule has 0 radical (unpaired) electrons. The summed E-state index contributed by atoms with van der Waals surface area (Å²) in [4.78, 5) is 25.9. The lowest BCUT2D eigenvalue weighted by atomic mass is 9.96. The second kappa shape index (κ2) is 7.98. The number of aryl methyl sites for hydroxylation is 2. The monoisotopic (exact) mass is 455 g/mol. The maximum atomic E-state index is 13.2. The van der Waals surface area contributed by atoms with Gasteiger partial charge in [0.2, 0.25) is 5.89 Å². The van der Waals surface area contributed by atoms with Crippen molar-refractivity contribution in [3.8, 4) is 28.3 Å². The van der Waals surface area contributed by atoms with Crippen LogP contribution in [0.15, 0.2) is 53.3 Å². The van der Waals surface area contributed by atoms with Crippen molar-refractivity contribution >= 4 is 17.4 Å². The average Bonchev–Trinajstić information content (AvgIpc) is 3.35. The van der Waals surface area contributed by atoms with Gasteiger partial charge in [-0.2, -0.15) is 0 Å². The standard InChI is InChI=1S/C26H25N5O3/c1-14-7-17(8-15(2)29-14)19-11-22-18(12-26(3,4)34-22)9-20(19)30-24(32)21-13-33-25(31-21)16-5-6-28-23(27)10-16/h5-11,13H,12H2,1-4H3,(H2,27,28)(H,30,32). The number of rotatable bonds is 4. The highest BCUT2D eigenvalue weighted by Crippen LogP contribution is 2.42. The van der Waals surface area contributed by atoms with Gasteiger partial charge in [0.15, 0.2) is 5.69 Å². The third-order valence-electron chi connectivity index (χ3n) is 5.61.